The van der Waals surface area contributed by atoms with Crippen LogP contribution in [-0.2, 0) is 0 Å². The van der Waals surface area contributed by atoms with Crippen molar-refractivity contribution in [2.75, 3.05) is 31.1 Å². The molecular weight excluding hydrogens is 342 g/mol. The van der Waals surface area contributed by atoms with Crippen LogP contribution in [-0.4, -0.2) is 47.0 Å². The van der Waals surface area contributed by atoms with Crippen molar-refractivity contribution in [2.45, 2.75) is 0 Å². The van der Waals surface area contributed by atoms with Gasteiger partial charge in [-0.1, -0.05) is 12.1 Å². The highest BCUT2D eigenvalue weighted by Crippen LogP contribution is 2.15. The maximum Gasteiger partial charge on any atom is 0.260 e. The van der Waals surface area contributed by atoms with E-state index in [1.807, 2.05) is 29.2 Å². The van der Waals surface area contributed by atoms with Crippen molar-refractivity contribution >= 4 is 22.8 Å². The van der Waals surface area contributed by atoms with Gasteiger partial charge in [0.25, 0.3) is 11.5 Å². The second kappa shape index (κ2) is 6.92. The maximum atomic E-state index is 12.6. The Hall–Kier alpha value is -3.66. The van der Waals surface area contributed by atoms with Crippen LogP contribution >= 0.6 is 0 Å². The Balaban J connectivity index is 1.48. The first-order valence-electron chi connectivity index (χ1n) is 8.69. The highest BCUT2D eigenvalue weighted by molar-refractivity contribution is 5.94. The van der Waals surface area contributed by atoms with Gasteiger partial charge in [-0.2, -0.15) is 5.26 Å². The summed E-state index contributed by atoms with van der Waals surface area (Å²) in [6.07, 6.45) is 0. The molecule has 1 N–H and O–H groups in total. The lowest BCUT2D eigenvalue weighted by molar-refractivity contribution is 0.0746. The van der Waals surface area contributed by atoms with E-state index in [0.29, 0.717) is 54.2 Å². The number of anilines is 1. The summed E-state index contributed by atoms with van der Waals surface area (Å²) >= 11 is 0. The van der Waals surface area contributed by atoms with Crippen LogP contribution in [0, 0.1) is 11.3 Å². The Morgan fingerprint density at radius 1 is 1.04 bits per heavy atom. The Kier molecular flexibility index (Phi) is 4.30. The number of aromatic nitrogens is 2. The van der Waals surface area contributed by atoms with Crippen molar-refractivity contribution in [3.05, 3.63) is 70.0 Å². The lowest BCUT2D eigenvalue weighted by atomic mass is 10.1. The molecule has 27 heavy (non-hydrogen) atoms. The Bertz CT molecular complexity index is 1090. The fraction of sp³-hybridized carbons (Fsp3) is 0.200. The molecule has 2 aromatic carbocycles. The van der Waals surface area contributed by atoms with Crippen LogP contribution in [0.15, 0.2) is 53.3 Å². The molecule has 0 atom stereocenters. The zero-order valence-electron chi connectivity index (χ0n) is 14.6. The minimum atomic E-state index is -0.160. The molecule has 4 rings (SSSR count). The Labute approximate surface area is 155 Å². The van der Waals surface area contributed by atoms with Gasteiger partial charge in [0.1, 0.15) is 0 Å². The van der Waals surface area contributed by atoms with Crippen LogP contribution in [0.2, 0.25) is 0 Å². The van der Waals surface area contributed by atoms with E-state index < -0.39 is 0 Å². The summed E-state index contributed by atoms with van der Waals surface area (Å²) in [7, 11) is 0. The first-order chi connectivity index (χ1) is 13.2. The number of rotatable bonds is 2. The number of amides is 1. The summed E-state index contributed by atoms with van der Waals surface area (Å²) in [6, 6.07) is 15.9. The van der Waals surface area contributed by atoms with E-state index in [9.17, 15) is 9.59 Å². The lowest BCUT2D eigenvalue weighted by Crippen LogP contribution is -2.49. The third kappa shape index (κ3) is 3.25. The van der Waals surface area contributed by atoms with E-state index >= 15 is 0 Å². The molecule has 0 radical (unpaired) electrons. The van der Waals surface area contributed by atoms with Gasteiger partial charge >= 0.3 is 0 Å². The summed E-state index contributed by atoms with van der Waals surface area (Å²) in [5.74, 6) is 0.475. The second-order valence-corrected chi connectivity index (χ2v) is 6.38. The molecule has 7 heteroatoms. The van der Waals surface area contributed by atoms with Gasteiger partial charge in [-0.25, -0.2) is 4.98 Å². The average Bonchev–Trinajstić information content (AvgIpc) is 2.73. The Morgan fingerprint density at radius 3 is 2.44 bits per heavy atom. The van der Waals surface area contributed by atoms with E-state index in [0.717, 1.165) is 0 Å². The van der Waals surface area contributed by atoms with Crippen LogP contribution in [0.1, 0.15) is 15.9 Å². The number of carbonyl (C=O) groups excluding carboxylic acids is 1. The number of aromatic amines is 1. The normalized spacial score (nSPS) is 14.2. The molecule has 0 aliphatic carbocycles. The Morgan fingerprint density at radius 2 is 1.74 bits per heavy atom. The largest absolute Gasteiger partial charge is 0.339 e. The standard InChI is InChI=1S/C20H17N5O2/c21-13-14-5-7-15(8-6-14)19(27)24-9-11-25(12-10-24)20-22-17-4-2-1-3-16(17)18(26)23-20/h1-8H,9-12H2,(H,22,23,26). The summed E-state index contributed by atoms with van der Waals surface area (Å²) < 4.78 is 0. The summed E-state index contributed by atoms with van der Waals surface area (Å²) in [4.78, 5) is 36.0. The zero-order valence-corrected chi connectivity index (χ0v) is 14.6. The van der Waals surface area contributed by atoms with Gasteiger partial charge in [-0.15, -0.1) is 0 Å². The van der Waals surface area contributed by atoms with Crippen LogP contribution in [0.5, 0.6) is 0 Å². The number of piperazine rings is 1. The predicted molar refractivity (Wildman–Crippen MR) is 102 cm³/mol. The molecule has 1 fully saturated rings. The molecule has 1 aliphatic heterocycles. The lowest BCUT2D eigenvalue weighted by Gasteiger charge is -2.35. The van der Waals surface area contributed by atoms with Crippen molar-refractivity contribution in [3.8, 4) is 6.07 Å². The smallest absolute Gasteiger partial charge is 0.260 e. The highest BCUT2D eigenvalue weighted by Gasteiger charge is 2.23. The van der Waals surface area contributed by atoms with E-state index in [4.69, 9.17) is 5.26 Å². The molecule has 134 valence electrons. The molecule has 0 spiro atoms. The number of H-pyrrole nitrogens is 1. The number of hydrogen-bond donors (Lipinski definition) is 1. The van der Waals surface area contributed by atoms with Crippen LogP contribution in [0.25, 0.3) is 10.9 Å². The van der Waals surface area contributed by atoms with Crippen molar-refractivity contribution in [2.24, 2.45) is 0 Å². The molecule has 1 aliphatic rings. The molecule has 7 nitrogen and oxygen atoms in total. The molecule has 0 bridgehead atoms. The van der Waals surface area contributed by atoms with Gasteiger partial charge in [-0.3, -0.25) is 14.6 Å². The predicted octanol–water partition coefficient (Wildman–Crippen LogP) is 1.76. The molecule has 1 saturated heterocycles. The molecule has 0 saturated carbocycles. The number of nitrogens with zero attached hydrogens (tertiary/aromatic N) is 4. The maximum absolute atomic E-state index is 12.6. The van der Waals surface area contributed by atoms with Crippen molar-refractivity contribution < 1.29 is 4.79 Å². The molecule has 2 heterocycles. The van der Waals surface area contributed by atoms with Gasteiger partial charge in [0.05, 0.1) is 22.5 Å². The minimum absolute atomic E-state index is 0.0564. The van der Waals surface area contributed by atoms with Crippen LogP contribution in [0.3, 0.4) is 0 Å². The molecule has 3 aromatic rings. The fourth-order valence-electron chi connectivity index (χ4n) is 3.22. The number of nitriles is 1. The van der Waals surface area contributed by atoms with Gasteiger partial charge < -0.3 is 9.80 Å². The van der Waals surface area contributed by atoms with Gasteiger partial charge in [0.15, 0.2) is 0 Å². The number of hydrogen-bond acceptors (Lipinski definition) is 5. The summed E-state index contributed by atoms with van der Waals surface area (Å²) in [6.45, 7) is 2.25. The quantitative estimate of drug-likeness (QED) is 0.752. The van der Waals surface area contributed by atoms with Gasteiger partial charge in [0, 0.05) is 31.7 Å². The number of nitrogens with one attached hydrogen (secondary N) is 1. The SMILES string of the molecule is N#Cc1ccc(C(=O)N2CCN(c3nc4ccccc4c(=O)[nH]3)CC2)cc1. The number of fused-ring (bicyclic) bond motifs is 1. The van der Waals surface area contributed by atoms with E-state index in [1.54, 1.807) is 35.2 Å². The van der Waals surface area contributed by atoms with Gasteiger partial charge in [-0.05, 0) is 36.4 Å². The average molecular weight is 359 g/mol. The van der Waals surface area contributed by atoms with Crippen molar-refractivity contribution in [1.29, 1.82) is 5.26 Å². The topological polar surface area (TPSA) is 93.1 Å². The second-order valence-electron chi connectivity index (χ2n) is 6.38. The number of carbonyl (C=O) groups is 1. The third-order valence-electron chi connectivity index (χ3n) is 4.73. The third-order valence-corrected chi connectivity index (χ3v) is 4.73. The minimum Gasteiger partial charge on any atom is -0.339 e. The molecular formula is C20H17N5O2. The fourth-order valence-corrected chi connectivity index (χ4v) is 3.22. The van der Waals surface area contributed by atoms with Crippen molar-refractivity contribution in [3.63, 3.8) is 0 Å². The van der Waals surface area contributed by atoms with E-state index in [1.165, 1.54) is 0 Å². The van der Waals surface area contributed by atoms with Crippen LogP contribution in [0.4, 0.5) is 5.95 Å². The summed E-state index contributed by atoms with van der Waals surface area (Å²) in [5, 5.41) is 9.42. The first kappa shape index (κ1) is 16.8. The van der Waals surface area contributed by atoms with E-state index in [-0.39, 0.29) is 11.5 Å². The van der Waals surface area contributed by atoms with E-state index in [2.05, 4.69) is 9.97 Å². The number of para-hydroxylation sites is 1. The van der Waals surface area contributed by atoms with Gasteiger partial charge in [0.2, 0.25) is 5.95 Å². The highest BCUT2D eigenvalue weighted by atomic mass is 16.2. The van der Waals surface area contributed by atoms with Crippen molar-refractivity contribution in [1.82, 2.24) is 14.9 Å². The first-order valence-corrected chi connectivity index (χ1v) is 8.69. The molecule has 1 amide bonds. The number of benzene rings is 2. The zero-order chi connectivity index (χ0) is 18.8. The summed E-state index contributed by atoms with van der Waals surface area (Å²) in [5.41, 5.74) is 1.60. The molecule has 0 unspecified atom stereocenters. The van der Waals surface area contributed by atoms with Crippen LogP contribution < -0.4 is 10.5 Å². The monoisotopic (exact) mass is 359 g/mol. The molecule has 1 aromatic heterocycles.